The first-order valence-electron chi connectivity index (χ1n) is 9.07. The summed E-state index contributed by atoms with van der Waals surface area (Å²) in [5.41, 5.74) is 4.29. The van der Waals surface area contributed by atoms with Crippen LogP contribution in [0.2, 0.25) is 0 Å². The van der Waals surface area contributed by atoms with Gasteiger partial charge in [-0.25, -0.2) is 0 Å². The largest absolute Gasteiger partial charge is 0.324 e. The fraction of sp³-hybridized carbons (Fsp3) is 0.227. The van der Waals surface area contributed by atoms with Crippen molar-refractivity contribution >= 4 is 45.2 Å². The summed E-state index contributed by atoms with van der Waals surface area (Å²) in [7, 11) is 0. The molecule has 7 heteroatoms. The molecule has 1 unspecified atom stereocenters. The van der Waals surface area contributed by atoms with Crippen molar-refractivity contribution in [1.82, 2.24) is 5.32 Å². The van der Waals surface area contributed by atoms with Crippen molar-refractivity contribution in [3.05, 3.63) is 74.2 Å². The molecule has 0 saturated heterocycles. The molecule has 0 fully saturated rings. The molecule has 5 nitrogen and oxygen atoms in total. The number of aryl methyl sites for hydroxylation is 2. The van der Waals surface area contributed by atoms with Crippen LogP contribution in [0.3, 0.4) is 0 Å². The Balaban J connectivity index is 1.75. The van der Waals surface area contributed by atoms with Crippen LogP contribution in [0.5, 0.6) is 0 Å². The van der Waals surface area contributed by atoms with E-state index in [0.29, 0.717) is 16.3 Å². The predicted molar refractivity (Wildman–Crippen MR) is 119 cm³/mol. The summed E-state index contributed by atoms with van der Waals surface area (Å²) < 4.78 is 0.804. The smallest absolute Gasteiger partial charge is 0.234 e. The summed E-state index contributed by atoms with van der Waals surface area (Å²) in [5, 5.41) is 15.8. The van der Waals surface area contributed by atoms with Gasteiger partial charge < -0.3 is 10.6 Å². The molecule has 0 aromatic heterocycles. The van der Waals surface area contributed by atoms with Crippen LogP contribution >= 0.6 is 27.7 Å². The number of rotatable bonds is 5. The molecule has 148 valence electrons. The third kappa shape index (κ3) is 5.28. The zero-order valence-electron chi connectivity index (χ0n) is 16.1. The molecule has 0 spiro atoms. The normalized spacial score (nSPS) is 16.2. The Morgan fingerprint density at radius 2 is 1.93 bits per heavy atom. The SMILES string of the molecule is Cc1ccc(C2CC(=O)NC(SCC(=O)Nc3ccc(C)cc3Br)=C2C#N)cc1. The number of carbonyl (C=O) groups is 2. The van der Waals surface area contributed by atoms with E-state index in [9.17, 15) is 14.9 Å². The predicted octanol–water partition coefficient (Wildman–Crippen LogP) is 4.78. The van der Waals surface area contributed by atoms with Crippen LogP contribution in [-0.4, -0.2) is 17.6 Å². The molecule has 0 saturated carbocycles. The van der Waals surface area contributed by atoms with Gasteiger partial charge in [-0.05, 0) is 53.0 Å². The Morgan fingerprint density at radius 1 is 1.24 bits per heavy atom. The third-order valence-electron chi connectivity index (χ3n) is 4.58. The number of amides is 2. The Kier molecular flexibility index (Phi) is 6.78. The second-order valence-electron chi connectivity index (χ2n) is 6.89. The van der Waals surface area contributed by atoms with E-state index in [1.54, 1.807) is 0 Å². The van der Waals surface area contributed by atoms with Crippen molar-refractivity contribution in [3.8, 4) is 6.07 Å². The van der Waals surface area contributed by atoms with Crippen molar-refractivity contribution in [2.24, 2.45) is 0 Å². The maximum atomic E-state index is 12.4. The Morgan fingerprint density at radius 3 is 2.59 bits per heavy atom. The molecule has 3 rings (SSSR count). The van der Waals surface area contributed by atoms with E-state index < -0.39 is 0 Å². The summed E-state index contributed by atoms with van der Waals surface area (Å²) in [6.45, 7) is 3.96. The number of nitriles is 1. The van der Waals surface area contributed by atoms with Gasteiger partial charge >= 0.3 is 0 Å². The van der Waals surface area contributed by atoms with Crippen molar-refractivity contribution < 1.29 is 9.59 Å². The van der Waals surface area contributed by atoms with Gasteiger partial charge in [-0.3, -0.25) is 9.59 Å². The topological polar surface area (TPSA) is 82.0 Å². The maximum Gasteiger partial charge on any atom is 0.234 e. The van der Waals surface area contributed by atoms with Gasteiger partial charge in [-0.15, -0.1) is 0 Å². The van der Waals surface area contributed by atoms with Gasteiger partial charge in [-0.1, -0.05) is 47.7 Å². The van der Waals surface area contributed by atoms with Crippen LogP contribution in [0, 0.1) is 25.2 Å². The molecule has 1 aliphatic rings. The monoisotopic (exact) mass is 469 g/mol. The van der Waals surface area contributed by atoms with E-state index in [1.807, 2.05) is 56.3 Å². The van der Waals surface area contributed by atoms with E-state index in [0.717, 1.165) is 21.2 Å². The van der Waals surface area contributed by atoms with E-state index in [4.69, 9.17) is 0 Å². The summed E-state index contributed by atoms with van der Waals surface area (Å²) in [4.78, 5) is 24.6. The molecular weight excluding hydrogens is 450 g/mol. The highest BCUT2D eigenvalue weighted by Gasteiger charge is 2.29. The molecule has 2 aromatic carbocycles. The summed E-state index contributed by atoms with van der Waals surface area (Å²) in [6, 6.07) is 15.7. The first-order chi connectivity index (χ1) is 13.9. The lowest BCUT2D eigenvalue weighted by Crippen LogP contribution is -2.31. The second kappa shape index (κ2) is 9.29. The Bertz CT molecular complexity index is 1030. The van der Waals surface area contributed by atoms with E-state index in [1.165, 1.54) is 11.8 Å². The number of anilines is 1. The number of halogens is 1. The Labute approximate surface area is 182 Å². The highest BCUT2D eigenvalue weighted by atomic mass is 79.9. The lowest BCUT2D eigenvalue weighted by atomic mass is 9.87. The molecule has 2 N–H and O–H groups in total. The zero-order valence-corrected chi connectivity index (χ0v) is 18.5. The van der Waals surface area contributed by atoms with Crippen LogP contribution in [0.15, 0.2) is 57.5 Å². The quantitative estimate of drug-likeness (QED) is 0.659. The molecule has 1 heterocycles. The van der Waals surface area contributed by atoms with Crippen LogP contribution in [0.4, 0.5) is 5.69 Å². The fourth-order valence-corrected chi connectivity index (χ4v) is 4.53. The average Bonchev–Trinajstić information content (AvgIpc) is 2.68. The average molecular weight is 470 g/mol. The number of hydrogen-bond donors (Lipinski definition) is 2. The lowest BCUT2D eigenvalue weighted by molar-refractivity contribution is -0.121. The first-order valence-corrected chi connectivity index (χ1v) is 10.8. The maximum absolute atomic E-state index is 12.4. The molecule has 0 bridgehead atoms. The lowest BCUT2D eigenvalue weighted by Gasteiger charge is -2.25. The molecular formula is C22H20BrN3O2S. The van der Waals surface area contributed by atoms with Crippen molar-refractivity contribution in [2.45, 2.75) is 26.2 Å². The number of hydrogen-bond acceptors (Lipinski definition) is 4. The summed E-state index contributed by atoms with van der Waals surface area (Å²) >= 11 is 4.61. The van der Waals surface area contributed by atoms with E-state index in [2.05, 4.69) is 32.6 Å². The minimum Gasteiger partial charge on any atom is -0.324 e. The number of allylic oxidation sites excluding steroid dienone is 1. The molecule has 0 radical (unpaired) electrons. The van der Waals surface area contributed by atoms with Crippen molar-refractivity contribution in [3.63, 3.8) is 0 Å². The molecule has 2 amide bonds. The van der Waals surface area contributed by atoms with Crippen LogP contribution < -0.4 is 10.6 Å². The Hall–Kier alpha value is -2.56. The third-order valence-corrected chi connectivity index (χ3v) is 6.26. The van der Waals surface area contributed by atoms with Gasteiger partial charge in [0, 0.05) is 16.8 Å². The minimum atomic E-state index is -0.300. The van der Waals surface area contributed by atoms with Crippen molar-refractivity contribution in [2.75, 3.05) is 11.1 Å². The molecule has 1 atom stereocenters. The fourth-order valence-electron chi connectivity index (χ4n) is 3.06. The molecule has 29 heavy (non-hydrogen) atoms. The highest BCUT2D eigenvalue weighted by molar-refractivity contribution is 9.10. The van der Waals surface area contributed by atoms with Gasteiger partial charge in [-0.2, -0.15) is 5.26 Å². The number of nitrogens with zero attached hydrogens (tertiary/aromatic N) is 1. The summed E-state index contributed by atoms with van der Waals surface area (Å²) in [5.74, 6) is -0.581. The first kappa shape index (κ1) is 21.2. The van der Waals surface area contributed by atoms with Gasteiger partial charge in [0.15, 0.2) is 0 Å². The highest BCUT2D eigenvalue weighted by Crippen LogP contribution is 2.36. The van der Waals surface area contributed by atoms with E-state index >= 15 is 0 Å². The molecule has 2 aromatic rings. The standard InChI is InChI=1S/C22H20BrN3O2S/c1-13-3-6-15(7-4-13)16-10-20(27)26-22(17(16)11-24)29-12-21(28)25-19-8-5-14(2)9-18(19)23/h3-9,16H,10,12H2,1-2H3,(H,25,28)(H,26,27). The summed E-state index contributed by atoms with van der Waals surface area (Å²) in [6.07, 6.45) is 0.221. The van der Waals surface area contributed by atoms with Gasteiger partial charge in [0.1, 0.15) is 0 Å². The van der Waals surface area contributed by atoms with Gasteiger partial charge in [0.25, 0.3) is 0 Å². The minimum absolute atomic E-state index is 0.0850. The van der Waals surface area contributed by atoms with E-state index in [-0.39, 0.29) is 29.9 Å². The number of thioether (sulfide) groups is 1. The second-order valence-corrected chi connectivity index (χ2v) is 8.73. The van der Waals surface area contributed by atoms with Crippen LogP contribution in [-0.2, 0) is 9.59 Å². The molecule has 0 aliphatic carbocycles. The number of nitrogens with one attached hydrogen (secondary N) is 2. The van der Waals surface area contributed by atoms with Crippen LogP contribution in [0.1, 0.15) is 29.0 Å². The zero-order chi connectivity index (χ0) is 21.0. The van der Waals surface area contributed by atoms with Crippen LogP contribution in [0.25, 0.3) is 0 Å². The van der Waals surface area contributed by atoms with Gasteiger partial charge in [0.05, 0.1) is 28.1 Å². The molecule has 1 aliphatic heterocycles. The van der Waals surface area contributed by atoms with Crippen molar-refractivity contribution in [1.29, 1.82) is 5.26 Å². The van der Waals surface area contributed by atoms with Gasteiger partial charge in [0.2, 0.25) is 11.8 Å². The number of benzene rings is 2. The number of carbonyl (C=O) groups excluding carboxylic acids is 2.